The summed E-state index contributed by atoms with van der Waals surface area (Å²) in [5.74, 6) is 0.940. The number of carbonyl (C=O) groups excluding carboxylic acids is 1. The fourth-order valence-electron chi connectivity index (χ4n) is 3.27. The molecule has 5 nitrogen and oxygen atoms in total. The van der Waals surface area contributed by atoms with Gasteiger partial charge in [0, 0.05) is 30.5 Å². The lowest BCUT2D eigenvalue weighted by Crippen LogP contribution is -2.23. The Kier molecular flexibility index (Phi) is 6.00. The minimum atomic E-state index is -0.202. The average Bonchev–Trinajstić information content (AvgIpc) is 2.97. The Morgan fingerprint density at radius 3 is 2.23 bits per heavy atom. The Bertz CT molecular complexity index is 735. The van der Waals surface area contributed by atoms with Crippen LogP contribution in [0.2, 0.25) is 0 Å². The molecule has 0 bridgehead atoms. The monoisotopic (exact) mass is 354 g/mol. The number of ether oxygens (including phenoxy) is 2. The van der Waals surface area contributed by atoms with Crippen LogP contribution in [-0.4, -0.2) is 33.2 Å². The SMILES string of the molecule is COc1ccc(C(=O)Nc2ccc(N3CCCCCC3)cc2)c(OC)c1. The van der Waals surface area contributed by atoms with E-state index in [4.69, 9.17) is 9.47 Å². The Hall–Kier alpha value is -2.69. The number of nitrogens with one attached hydrogen (secondary N) is 1. The van der Waals surface area contributed by atoms with E-state index in [-0.39, 0.29) is 5.91 Å². The number of nitrogens with zero attached hydrogens (tertiary/aromatic N) is 1. The van der Waals surface area contributed by atoms with Crippen LogP contribution in [0.5, 0.6) is 11.5 Å². The number of hydrogen-bond donors (Lipinski definition) is 1. The normalized spacial score (nSPS) is 14.5. The minimum Gasteiger partial charge on any atom is -0.497 e. The topological polar surface area (TPSA) is 50.8 Å². The molecule has 0 aliphatic carbocycles. The van der Waals surface area contributed by atoms with Crippen molar-refractivity contribution in [2.24, 2.45) is 0 Å². The van der Waals surface area contributed by atoms with E-state index in [1.54, 1.807) is 32.4 Å². The van der Waals surface area contributed by atoms with E-state index in [1.807, 2.05) is 12.1 Å². The van der Waals surface area contributed by atoms with Crippen LogP contribution >= 0.6 is 0 Å². The molecule has 1 aliphatic heterocycles. The molecule has 2 aromatic rings. The molecule has 1 N–H and O–H groups in total. The summed E-state index contributed by atoms with van der Waals surface area (Å²) < 4.78 is 10.5. The van der Waals surface area contributed by atoms with Crippen molar-refractivity contribution in [1.29, 1.82) is 0 Å². The molecule has 0 aromatic heterocycles. The van der Waals surface area contributed by atoms with Gasteiger partial charge in [-0.25, -0.2) is 0 Å². The number of amides is 1. The van der Waals surface area contributed by atoms with Crippen molar-refractivity contribution in [3.05, 3.63) is 48.0 Å². The molecular formula is C21H26N2O3. The highest BCUT2D eigenvalue weighted by atomic mass is 16.5. The molecule has 0 saturated carbocycles. The summed E-state index contributed by atoms with van der Waals surface area (Å²) in [7, 11) is 3.13. The maximum Gasteiger partial charge on any atom is 0.259 e. The molecule has 0 atom stereocenters. The van der Waals surface area contributed by atoms with Crippen LogP contribution in [0.3, 0.4) is 0 Å². The molecule has 2 aromatic carbocycles. The van der Waals surface area contributed by atoms with Gasteiger partial charge in [0.05, 0.1) is 19.8 Å². The summed E-state index contributed by atoms with van der Waals surface area (Å²) in [5, 5.41) is 2.93. The number of carbonyl (C=O) groups is 1. The smallest absolute Gasteiger partial charge is 0.259 e. The van der Waals surface area contributed by atoms with Gasteiger partial charge in [-0.1, -0.05) is 12.8 Å². The molecule has 1 heterocycles. The second-order valence-electron chi connectivity index (χ2n) is 6.47. The van der Waals surface area contributed by atoms with Crippen LogP contribution in [0, 0.1) is 0 Å². The lowest BCUT2D eigenvalue weighted by atomic mass is 10.1. The predicted octanol–water partition coefficient (Wildman–Crippen LogP) is 4.34. The summed E-state index contributed by atoms with van der Waals surface area (Å²) >= 11 is 0. The summed E-state index contributed by atoms with van der Waals surface area (Å²) in [6.07, 6.45) is 5.12. The van der Waals surface area contributed by atoms with E-state index in [0.29, 0.717) is 17.1 Å². The number of hydrogen-bond acceptors (Lipinski definition) is 4. The third-order valence-electron chi connectivity index (χ3n) is 4.75. The molecule has 1 amide bonds. The van der Waals surface area contributed by atoms with Crippen molar-refractivity contribution in [1.82, 2.24) is 0 Å². The van der Waals surface area contributed by atoms with Crippen molar-refractivity contribution in [3.63, 3.8) is 0 Å². The fraction of sp³-hybridized carbons (Fsp3) is 0.381. The molecule has 3 rings (SSSR count). The third-order valence-corrected chi connectivity index (χ3v) is 4.75. The number of rotatable bonds is 5. The van der Waals surface area contributed by atoms with Gasteiger partial charge in [0.25, 0.3) is 5.91 Å². The van der Waals surface area contributed by atoms with Crippen LogP contribution < -0.4 is 19.7 Å². The van der Waals surface area contributed by atoms with Crippen LogP contribution in [0.4, 0.5) is 11.4 Å². The molecule has 1 fully saturated rings. The quantitative estimate of drug-likeness (QED) is 0.868. The number of anilines is 2. The molecule has 5 heteroatoms. The molecule has 26 heavy (non-hydrogen) atoms. The highest BCUT2D eigenvalue weighted by Gasteiger charge is 2.14. The lowest BCUT2D eigenvalue weighted by molar-refractivity contribution is 0.102. The van der Waals surface area contributed by atoms with Gasteiger partial charge < -0.3 is 19.7 Å². The highest BCUT2D eigenvalue weighted by molar-refractivity contribution is 6.06. The zero-order chi connectivity index (χ0) is 18.4. The molecule has 0 spiro atoms. The fourth-order valence-corrected chi connectivity index (χ4v) is 3.27. The summed E-state index contributed by atoms with van der Waals surface area (Å²) in [5.41, 5.74) is 2.46. The first-order valence-electron chi connectivity index (χ1n) is 9.09. The van der Waals surface area contributed by atoms with Crippen molar-refractivity contribution < 1.29 is 14.3 Å². The van der Waals surface area contributed by atoms with E-state index in [9.17, 15) is 4.79 Å². The Labute approximate surface area is 154 Å². The molecular weight excluding hydrogens is 328 g/mol. The van der Waals surface area contributed by atoms with Gasteiger partial charge in [-0.05, 0) is 49.2 Å². The van der Waals surface area contributed by atoms with E-state index in [2.05, 4.69) is 22.3 Å². The summed E-state index contributed by atoms with van der Waals surface area (Å²) in [6.45, 7) is 2.21. The second kappa shape index (κ2) is 8.61. The molecule has 138 valence electrons. The van der Waals surface area contributed by atoms with Gasteiger partial charge in [0.15, 0.2) is 0 Å². The first kappa shape index (κ1) is 18.1. The van der Waals surface area contributed by atoms with E-state index in [0.717, 1.165) is 18.8 Å². The molecule has 1 saturated heterocycles. The van der Waals surface area contributed by atoms with Gasteiger partial charge in [-0.2, -0.15) is 0 Å². The van der Waals surface area contributed by atoms with Crippen LogP contribution in [0.1, 0.15) is 36.0 Å². The first-order valence-corrected chi connectivity index (χ1v) is 9.09. The van der Waals surface area contributed by atoms with E-state index in [1.165, 1.54) is 31.4 Å². The van der Waals surface area contributed by atoms with E-state index < -0.39 is 0 Å². The van der Waals surface area contributed by atoms with Gasteiger partial charge in [-0.15, -0.1) is 0 Å². The summed E-state index contributed by atoms with van der Waals surface area (Å²) in [6, 6.07) is 13.2. The van der Waals surface area contributed by atoms with Crippen LogP contribution in [0.15, 0.2) is 42.5 Å². The van der Waals surface area contributed by atoms with Gasteiger partial charge in [-0.3, -0.25) is 4.79 Å². The Morgan fingerprint density at radius 1 is 0.923 bits per heavy atom. The summed E-state index contributed by atoms with van der Waals surface area (Å²) in [4.78, 5) is 15.0. The predicted molar refractivity (Wildman–Crippen MR) is 105 cm³/mol. The Morgan fingerprint density at radius 2 is 1.62 bits per heavy atom. The molecule has 1 aliphatic rings. The standard InChI is InChI=1S/C21H26N2O3/c1-25-18-11-12-19(20(15-18)26-2)21(24)22-16-7-9-17(10-8-16)23-13-5-3-4-6-14-23/h7-12,15H,3-6,13-14H2,1-2H3,(H,22,24). The highest BCUT2D eigenvalue weighted by Crippen LogP contribution is 2.26. The maximum atomic E-state index is 12.6. The van der Waals surface area contributed by atoms with Crippen molar-refractivity contribution in [2.75, 3.05) is 37.5 Å². The molecule has 0 unspecified atom stereocenters. The third kappa shape index (κ3) is 4.28. The minimum absolute atomic E-state index is 0.202. The largest absolute Gasteiger partial charge is 0.497 e. The van der Waals surface area contributed by atoms with Gasteiger partial charge in [0.1, 0.15) is 11.5 Å². The van der Waals surface area contributed by atoms with Crippen LogP contribution in [0.25, 0.3) is 0 Å². The van der Waals surface area contributed by atoms with Crippen molar-refractivity contribution >= 4 is 17.3 Å². The molecule has 0 radical (unpaired) electrons. The van der Waals surface area contributed by atoms with Crippen molar-refractivity contribution in [2.45, 2.75) is 25.7 Å². The van der Waals surface area contributed by atoms with E-state index >= 15 is 0 Å². The van der Waals surface area contributed by atoms with Gasteiger partial charge >= 0.3 is 0 Å². The van der Waals surface area contributed by atoms with Crippen LogP contribution in [-0.2, 0) is 0 Å². The second-order valence-corrected chi connectivity index (χ2v) is 6.47. The van der Waals surface area contributed by atoms with Crippen molar-refractivity contribution in [3.8, 4) is 11.5 Å². The maximum absolute atomic E-state index is 12.6. The first-order chi connectivity index (χ1) is 12.7. The zero-order valence-electron chi connectivity index (χ0n) is 15.5. The lowest BCUT2D eigenvalue weighted by Gasteiger charge is -2.22. The zero-order valence-corrected chi connectivity index (χ0v) is 15.5. The van der Waals surface area contributed by atoms with Gasteiger partial charge in [0.2, 0.25) is 0 Å². The Balaban J connectivity index is 1.69. The number of methoxy groups -OCH3 is 2. The average molecular weight is 354 g/mol. The number of benzene rings is 2.